The number of nitrogens with two attached hydrogens (primary N) is 1. The molecule has 2 heterocycles. The van der Waals surface area contributed by atoms with Crippen LogP contribution in [0.25, 0.3) is 0 Å². The Morgan fingerprint density at radius 3 is 2.75 bits per heavy atom. The van der Waals surface area contributed by atoms with Gasteiger partial charge < -0.3 is 20.4 Å². The Morgan fingerprint density at radius 1 is 1.50 bits per heavy atom. The lowest BCUT2D eigenvalue weighted by Gasteiger charge is -2.32. The highest BCUT2D eigenvalue weighted by atomic mass is 16.3. The zero-order valence-corrected chi connectivity index (χ0v) is 12.1. The Morgan fingerprint density at radius 2 is 2.20 bits per heavy atom. The molecule has 1 aliphatic rings. The molecule has 0 saturated carbocycles. The quantitative estimate of drug-likeness (QED) is 0.642. The number of carbonyl (C=O) groups excluding carboxylic acids is 1. The van der Waals surface area contributed by atoms with E-state index in [1.165, 1.54) is 12.8 Å². The third kappa shape index (κ3) is 3.53. The summed E-state index contributed by atoms with van der Waals surface area (Å²) in [6.45, 7) is 4.81. The van der Waals surface area contributed by atoms with Gasteiger partial charge in [-0.25, -0.2) is 0 Å². The van der Waals surface area contributed by atoms with E-state index in [0.29, 0.717) is 12.3 Å². The molecule has 0 spiro atoms. The first-order valence-electron chi connectivity index (χ1n) is 6.94. The van der Waals surface area contributed by atoms with Crippen molar-refractivity contribution in [2.75, 3.05) is 20.1 Å². The number of piperidine rings is 1. The van der Waals surface area contributed by atoms with Gasteiger partial charge in [-0.3, -0.25) is 9.79 Å². The number of nitrogens with zero attached hydrogens (tertiary/aromatic N) is 2. The van der Waals surface area contributed by atoms with E-state index in [1.54, 1.807) is 19.2 Å². The summed E-state index contributed by atoms with van der Waals surface area (Å²) in [5.41, 5.74) is 5.15. The Kier molecular flexibility index (Phi) is 4.65. The fraction of sp³-hybridized carbons (Fsp3) is 0.571. The normalized spacial score (nSPS) is 17.3. The zero-order valence-electron chi connectivity index (χ0n) is 12.1. The smallest absolute Gasteiger partial charge is 0.284 e. The molecule has 20 heavy (non-hydrogen) atoms. The van der Waals surface area contributed by atoms with Crippen molar-refractivity contribution in [3.05, 3.63) is 23.7 Å². The molecule has 2 rings (SSSR count). The van der Waals surface area contributed by atoms with Crippen molar-refractivity contribution in [2.45, 2.75) is 26.3 Å². The second-order valence-corrected chi connectivity index (χ2v) is 5.20. The van der Waals surface area contributed by atoms with Gasteiger partial charge >= 0.3 is 0 Å². The van der Waals surface area contributed by atoms with Crippen molar-refractivity contribution in [2.24, 2.45) is 16.6 Å². The van der Waals surface area contributed by atoms with Crippen molar-refractivity contribution < 1.29 is 9.21 Å². The zero-order chi connectivity index (χ0) is 14.5. The van der Waals surface area contributed by atoms with Gasteiger partial charge in [0.05, 0.1) is 6.54 Å². The summed E-state index contributed by atoms with van der Waals surface area (Å²) in [6, 6.07) is 3.34. The van der Waals surface area contributed by atoms with Crippen molar-refractivity contribution in [3.63, 3.8) is 0 Å². The number of likely N-dealkylation sites (tertiary alicyclic amines) is 1. The van der Waals surface area contributed by atoms with Gasteiger partial charge in [0.15, 0.2) is 11.7 Å². The molecule has 0 unspecified atom stereocenters. The number of amides is 1. The first-order chi connectivity index (χ1) is 9.60. The van der Waals surface area contributed by atoms with Gasteiger partial charge in [0.25, 0.3) is 5.91 Å². The van der Waals surface area contributed by atoms with E-state index in [1.807, 2.05) is 0 Å². The van der Waals surface area contributed by atoms with E-state index >= 15 is 0 Å². The van der Waals surface area contributed by atoms with Crippen molar-refractivity contribution >= 4 is 11.9 Å². The monoisotopic (exact) mass is 278 g/mol. The molecule has 6 nitrogen and oxygen atoms in total. The molecule has 0 radical (unpaired) electrons. The summed E-state index contributed by atoms with van der Waals surface area (Å²) in [6.07, 6.45) is 2.38. The van der Waals surface area contributed by atoms with Crippen LogP contribution in [-0.4, -0.2) is 36.9 Å². The lowest BCUT2D eigenvalue weighted by molar-refractivity contribution is 0.0972. The van der Waals surface area contributed by atoms with Crippen LogP contribution < -0.4 is 11.1 Å². The molecule has 0 atom stereocenters. The maximum atomic E-state index is 11.0. The highest BCUT2D eigenvalue weighted by Crippen LogP contribution is 2.16. The van der Waals surface area contributed by atoms with Crippen molar-refractivity contribution in [3.8, 4) is 0 Å². The highest BCUT2D eigenvalue weighted by Gasteiger charge is 2.18. The Balaban J connectivity index is 1.89. The summed E-state index contributed by atoms with van der Waals surface area (Å²) in [4.78, 5) is 17.5. The molecule has 0 bridgehead atoms. The minimum absolute atomic E-state index is 0.184. The van der Waals surface area contributed by atoms with E-state index in [0.717, 1.165) is 25.0 Å². The minimum atomic E-state index is -0.550. The van der Waals surface area contributed by atoms with Crippen LogP contribution in [0.2, 0.25) is 0 Å². The summed E-state index contributed by atoms with van der Waals surface area (Å²) < 4.78 is 5.33. The molecule has 1 fully saturated rings. The SMILES string of the molecule is CN=C(NCc1ccc(C(N)=O)o1)N1CCC(C)CC1. The van der Waals surface area contributed by atoms with Crippen LogP contribution in [0.15, 0.2) is 21.5 Å². The molecular formula is C14H22N4O2. The van der Waals surface area contributed by atoms with E-state index in [-0.39, 0.29) is 5.76 Å². The first kappa shape index (κ1) is 14.4. The number of primary amides is 1. The average Bonchev–Trinajstić information content (AvgIpc) is 2.90. The number of furan rings is 1. The molecule has 1 aromatic rings. The summed E-state index contributed by atoms with van der Waals surface area (Å²) in [5, 5.41) is 3.25. The second-order valence-electron chi connectivity index (χ2n) is 5.20. The maximum Gasteiger partial charge on any atom is 0.284 e. The predicted octanol–water partition coefficient (Wildman–Crippen LogP) is 1.19. The van der Waals surface area contributed by atoms with Gasteiger partial charge in [0.1, 0.15) is 5.76 Å². The van der Waals surface area contributed by atoms with E-state index in [4.69, 9.17) is 10.2 Å². The lowest BCUT2D eigenvalue weighted by atomic mass is 10.00. The number of aliphatic imine (C=N–C) groups is 1. The van der Waals surface area contributed by atoms with Gasteiger partial charge in [-0.2, -0.15) is 0 Å². The van der Waals surface area contributed by atoms with E-state index in [2.05, 4.69) is 22.1 Å². The van der Waals surface area contributed by atoms with Gasteiger partial charge in [0.2, 0.25) is 0 Å². The van der Waals surface area contributed by atoms with Crippen LogP contribution in [0, 0.1) is 5.92 Å². The third-order valence-corrected chi connectivity index (χ3v) is 3.62. The molecule has 1 aliphatic heterocycles. The molecule has 1 amide bonds. The predicted molar refractivity (Wildman–Crippen MR) is 77.4 cm³/mol. The Bertz CT molecular complexity index is 487. The summed E-state index contributed by atoms with van der Waals surface area (Å²) in [7, 11) is 1.78. The fourth-order valence-corrected chi connectivity index (χ4v) is 2.32. The molecule has 1 aromatic heterocycles. The van der Waals surface area contributed by atoms with Gasteiger partial charge in [0, 0.05) is 20.1 Å². The van der Waals surface area contributed by atoms with Gasteiger partial charge in [-0.1, -0.05) is 6.92 Å². The molecule has 1 saturated heterocycles. The maximum absolute atomic E-state index is 11.0. The Hall–Kier alpha value is -1.98. The molecular weight excluding hydrogens is 256 g/mol. The first-order valence-corrected chi connectivity index (χ1v) is 6.94. The van der Waals surface area contributed by atoms with Gasteiger partial charge in [-0.15, -0.1) is 0 Å². The second kappa shape index (κ2) is 6.45. The number of nitrogens with one attached hydrogen (secondary N) is 1. The Labute approximate surface area is 119 Å². The summed E-state index contributed by atoms with van der Waals surface area (Å²) in [5.74, 6) is 1.96. The topological polar surface area (TPSA) is 83.9 Å². The number of rotatable bonds is 3. The molecule has 6 heteroatoms. The molecule has 3 N–H and O–H groups in total. The van der Waals surface area contributed by atoms with Crippen LogP contribution in [0.4, 0.5) is 0 Å². The van der Waals surface area contributed by atoms with E-state index < -0.39 is 5.91 Å². The number of hydrogen-bond donors (Lipinski definition) is 2. The highest BCUT2D eigenvalue weighted by molar-refractivity contribution is 5.89. The molecule has 0 aromatic carbocycles. The fourth-order valence-electron chi connectivity index (χ4n) is 2.32. The van der Waals surface area contributed by atoms with Crippen LogP contribution in [0.3, 0.4) is 0 Å². The lowest BCUT2D eigenvalue weighted by Crippen LogP contribution is -2.45. The number of hydrogen-bond acceptors (Lipinski definition) is 3. The van der Waals surface area contributed by atoms with Crippen LogP contribution >= 0.6 is 0 Å². The van der Waals surface area contributed by atoms with Crippen LogP contribution in [-0.2, 0) is 6.54 Å². The molecule has 110 valence electrons. The third-order valence-electron chi connectivity index (χ3n) is 3.62. The largest absolute Gasteiger partial charge is 0.454 e. The number of carbonyl (C=O) groups is 1. The van der Waals surface area contributed by atoms with E-state index in [9.17, 15) is 4.79 Å². The molecule has 0 aliphatic carbocycles. The summed E-state index contributed by atoms with van der Waals surface area (Å²) >= 11 is 0. The average molecular weight is 278 g/mol. The van der Waals surface area contributed by atoms with Crippen molar-refractivity contribution in [1.82, 2.24) is 10.2 Å². The van der Waals surface area contributed by atoms with Gasteiger partial charge in [-0.05, 0) is 30.9 Å². The van der Waals surface area contributed by atoms with Crippen LogP contribution in [0.5, 0.6) is 0 Å². The van der Waals surface area contributed by atoms with Crippen LogP contribution in [0.1, 0.15) is 36.1 Å². The standard InChI is InChI=1S/C14H22N4O2/c1-10-5-7-18(8-6-10)14(16-2)17-9-11-3-4-12(20-11)13(15)19/h3-4,10H,5-9H2,1-2H3,(H2,15,19)(H,16,17). The number of guanidine groups is 1. The van der Waals surface area contributed by atoms with Crippen molar-refractivity contribution in [1.29, 1.82) is 0 Å². The minimum Gasteiger partial charge on any atom is -0.454 e.